The van der Waals surface area contributed by atoms with Gasteiger partial charge in [0.05, 0.1) is 11.5 Å². The van der Waals surface area contributed by atoms with Gasteiger partial charge in [0.15, 0.2) is 5.69 Å². The van der Waals surface area contributed by atoms with Crippen LogP contribution in [0.2, 0.25) is 0 Å². The first-order valence-electron chi connectivity index (χ1n) is 5.24. The lowest BCUT2D eigenvalue weighted by atomic mass is 10.2. The molecule has 0 saturated carbocycles. The van der Waals surface area contributed by atoms with E-state index in [4.69, 9.17) is 0 Å². The third kappa shape index (κ3) is 3.80. The van der Waals surface area contributed by atoms with Crippen LogP contribution >= 0.6 is 0 Å². The number of hydrogen-bond donors (Lipinski definition) is 0. The molecule has 110 valence electrons. The van der Waals surface area contributed by atoms with Crippen LogP contribution < -0.4 is 4.74 Å². The highest BCUT2D eigenvalue weighted by Crippen LogP contribution is 2.35. The van der Waals surface area contributed by atoms with Gasteiger partial charge in [0.2, 0.25) is 5.75 Å². The van der Waals surface area contributed by atoms with Crippen molar-refractivity contribution in [2.75, 3.05) is 6.61 Å². The highest BCUT2D eigenvalue weighted by Gasteiger charge is 2.38. The van der Waals surface area contributed by atoms with Crippen LogP contribution in [0.3, 0.4) is 0 Å². The highest BCUT2D eigenvalue weighted by molar-refractivity contribution is 5.92. The summed E-state index contributed by atoms with van der Waals surface area (Å²) >= 11 is 0. The molecule has 1 heterocycles. The average Bonchev–Trinajstić information content (AvgIpc) is 2.29. The predicted molar refractivity (Wildman–Crippen MR) is 58.3 cm³/mol. The number of carbonyl (C=O) groups is 1. The van der Waals surface area contributed by atoms with Crippen molar-refractivity contribution in [2.45, 2.75) is 20.2 Å². The van der Waals surface area contributed by atoms with E-state index in [9.17, 15) is 28.1 Å². The first-order valence-corrected chi connectivity index (χ1v) is 5.24. The van der Waals surface area contributed by atoms with E-state index in [0.29, 0.717) is 0 Å². The van der Waals surface area contributed by atoms with Crippen LogP contribution in [-0.2, 0) is 4.74 Å². The number of esters is 1. The van der Waals surface area contributed by atoms with Gasteiger partial charge in [-0.15, -0.1) is 13.2 Å². The summed E-state index contributed by atoms with van der Waals surface area (Å²) in [5, 5.41) is 10.8. The number of ether oxygens (including phenoxy) is 2. The lowest BCUT2D eigenvalue weighted by Gasteiger charge is -2.12. The zero-order chi connectivity index (χ0) is 15.5. The van der Waals surface area contributed by atoms with Crippen LogP contribution in [0.4, 0.5) is 18.9 Å². The normalized spacial score (nSPS) is 11.1. The Labute approximate surface area is 110 Å². The Bertz CT molecular complexity index is 544. The quantitative estimate of drug-likeness (QED) is 0.481. The second kappa shape index (κ2) is 5.72. The molecule has 0 atom stereocenters. The lowest BCUT2D eigenvalue weighted by Crippen LogP contribution is -2.21. The maximum atomic E-state index is 12.3. The summed E-state index contributed by atoms with van der Waals surface area (Å²) in [5.74, 6) is -2.52. The largest absolute Gasteiger partial charge is 0.573 e. The molecule has 0 aliphatic carbocycles. The summed E-state index contributed by atoms with van der Waals surface area (Å²) in [6.07, 6.45) is -5.21. The molecule has 0 unspecified atom stereocenters. The van der Waals surface area contributed by atoms with Gasteiger partial charge in [0, 0.05) is 11.8 Å². The Kier molecular flexibility index (Phi) is 4.48. The Morgan fingerprint density at radius 2 is 2.10 bits per heavy atom. The number of nitro groups is 1. The summed E-state index contributed by atoms with van der Waals surface area (Å²) in [6, 6.07) is 0.768. The van der Waals surface area contributed by atoms with E-state index in [-0.39, 0.29) is 12.3 Å². The topological polar surface area (TPSA) is 91.6 Å². The fourth-order valence-corrected chi connectivity index (χ4v) is 1.33. The number of alkyl halides is 3. The lowest BCUT2D eigenvalue weighted by molar-refractivity contribution is -0.388. The number of nitrogens with zero attached hydrogens (tertiary/aromatic N) is 2. The van der Waals surface area contributed by atoms with E-state index >= 15 is 0 Å². The zero-order valence-corrected chi connectivity index (χ0v) is 10.4. The number of carbonyl (C=O) groups excluding carboxylic acids is 1. The zero-order valence-electron chi connectivity index (χ0n) is 10.4. The summed E-state index contributed by atoms with van der Waals surface area (Å²) in [6.45, 7) is 2.58. The molecule has 0 aliphatic heterocycles. The maximum absolute atomic E-state index is 12.3. The highest BCUT2D eigenvalue weighted by atomic mass is 19.4. The molecule has 7 nitrogen and oxygen atoms in total. The average molecular weight is 294 g/mol. The molecule has 0 radical (unpaired) electrons. The number of hydrogen-bond acceptors (Lipinski definition) is 6. The van der Waals surface area contributed by atoms with Crippen LogP contribution in [0.1, 0.15) is 23.1 Å². The molecule has 1 rings (SSSR count). The number of aromatic nitrogens is 1. The van der Waals surface area contributed by atoms with Crippen molar-refractivity contribution in [1.82, 2.24) is 4.98 Å². The summed E-state index contributed by atoms with van der Waals surface area (Å²) < 4.78 is 44.9. The van der Waals surface area contributed by atoms with Crippen molar-refractivity contribution in [3.63, 3.8) is 0 Å². The van der Waals surface area contributed by atoms with E-state index in [2.05, 4.69) is 14.5 Å². The van der Waals surface area contributed by atoms with Gasteiger partial charge in [0.25, 0.3) is 0 Å². The molecule has 0 amide bonds. The van der Waals surface area contributed by atoms with Gasteiger partial charge in [0.1, 0.15) is 0 Å². The van der Waals surface area contributed by atoms with E-state index in [0.717, 1.165) is 6.07 Å². The fourth-order valence-electron chi connectivity index (χ4n) is 1.33. The van der Waals surface area contributed by atoms with E-state index in [1.165, 1.54) is 13.8 Å². The molecule has 0 bridgehead atoms. The molecule has 10 heteroatoms. The molecule has 1 aromatic heterocycles. The predicted octanol–water partition coefficient (Wildman–Crippen LogP) is 2.37. The van der Waals surface area contributed by atoms with Crippen LogP contribution in [0.5, 0.6) is 5.75 Å². The van der Waals surface area contributed by atoms with Crippen molar-refractivity contribution in [2.24, 2.45) is 0 Å². The minimum absolute atomic E-state index is 0.0192. The second-order valence-corrected chi connectivity index (χ2v) is 3.49. The Morgan fingerprint density at radius 3 is 2.55 bits per heavy atom. The van der Waals surface area contributed by atoms with Gasteiger partial charge in [-0.3, -0.25) is 10.1 Å². The molecular formula is C10H9F3N2O5. The van der Waals surface area contributed by atoms with Crippen molar-refractivity contribution >= 4 is 11.7 Å². The van der Waals surface area contributed by atoms with Crippen LogP contribution in [-0.4, -0.2) is 28.8 Å². The van der Waals surface area contributed by atoms with Crippen molar-refractivity contribution in [1.29, 1.82) is 0 Å². The summed E-state index contributed by atoms with van der Waals surface area (Å²) in [7, 11) is 0. The fraction of sp³-hybridized carbons (Fsp3) is 0.400. The molecule has 1 aromatic rings. The second-order valence-electron chi connectivity index (χ2n) is 3.49. The SMILES string of the molecule is CCOC(=O)c1nc(C)cc([N+](=O)[O-])c1OC(F)(F)F. The molecule has 0 saturated heterocycles. The number of aryl methyl sites for hydroxylation is 1. The number of rotatable bonds is 4. The summed E-state index contributed by atoms with van der Waals surface area (Å²) in [4.78, 5) is 24.7. The van der Waals surface area contributed by atoms with Gasteiger partial charge in [-0.1, -0.05) is 0 Å². The van der Waals surface area contributed by atoms with Crippen molar-refractivity contribution < 1.29 is 32.4 Å². The van der Waals surface area contributed by atoms with Gasteiger partial charge < -0.3 is 9.47 Å². The minimum Gasteiger partial charge on any atom is -0.461 e. The van der Waals surface area contributed by atoms with Crippen LogP contribution in [0, 0.1) is 17.0 Å². The number of pyridine rings is 1. The van der Waals surface area contributed by atoms with Gasteiger partial charge in [-0.05, 0) is 13.8 Å². The molecule has 20 heavy (non-hydrogen) atoms. The Hall–Kier alpha value is -2.39. The molecule has 0 aromatic carbocycles. The van der Waals surface area contributed by atoms with E-state index in [1.54, 1.807) is 0 Å². The van der Waals surface area contributed by atoms with Crippen molar-refractivity contribution in [3.05, 3.63) is 27.6 Å². The Morgan fingerprint density at radius 1 is 1.50 bits per heavy atom. The monoisotopic (exact) mass is 294 g/mol. The third-order valence-corrected chi connectivity index (χ3v) is 1.96. The standard InChI is InChI=1S/C10H9F3N2O5/c1-3-19-9(16)7-8(20-10(11,12)13)6(15(17)18)4-5(2)14-7/h4H,3H2,1-2H3. The maximum Gasteiger partial charge on any atom is 0.573 e. The van der Waals surface area contributed by atoms with Crippen LogP contribution in [0.15, 0.2) is 6.07 Å². The number of halogens is 3. The molecule has 0 aliphatic rings. The van der Waals surface area contributed by atoms with Gasteiger partial charge in [-0.2, -0.15) is 0 Å². The van der Waals surface area contributed by atoms with Crippen LogP contribution in [0.25, 0.3) is 0 Å². The minimum atomic E-state index is -5.21. The molecule has 0 spiro atoms. The summed E-state index contributed by atoms with van der Waals surface area (Å²) in [5.41, 5.74) is -1.93. The molecular weight excluding hydrogens is 285 g/mol. The first kappa shape index (κ1) is 15.7. The van der Waals surface area contributed by atoms with E-state index in [1.807, 2.05) is 0 Å². The Balaban J connectivity index is 3.47. The molecule has 0 fully saturated rings. The van der Waals surface area contributed by atoms with Crippen molar-refractivity contribution in [3.8, 4) is 5.75 Å². The van der Waals surface area contributed by atoms with E-state index < -0.39 is 34.4 Å². The molecule has 0 N–H and O–H groups in total. The first-order chi connectivity index (χ1) is 9.15. The third-order valence-electron chi connectivity index (χ3n) is 1.96. The van der Waals surface area contributed by atoms with Gasteiger partial charge in [-0.25, -0.2) is 9.78 Å². The van der Waals surface area contributed by atoms with Gasteiger partial charge >= 0.3 is 18.0 Å². The smallest absolute Gasteiger partial charge is 0.461 e.